The zero-order chi connectivity index (χ0) is 23.5. The molecule has 0 atom stereocenters. The fourth-order valence-corrected chi connectivity index (χ4v) is 5.50. The van der Waals surface area contributed by atoms with E-state index in [2.05, 4.69) is 17.9 Å². The predicted molar refractivity (Wildman–Crippen MR) is 134 cm³/mol. The van der Waals surface area contributed by atoms with E-state index in [9.17, 15) is 14.9 Å². The van der Waals surface area contributed by atoms with E-state index in [1.807, 2.05) is 6.08 Å². The summed E-state index contributed by atoms with van der Waals surface area (Å²) in [5, 5.41) is 9.76. The zero-order valence-electron chi connectivity index (χ0n) is 18.8. The van der Waals surface area contributed by atoms with E-state index in [0.29, 0.717) is 27.1 Å². The van der Waals surface area contributed by atoms with Crippen molar-refractivity contribution in [2.45, 2.75) is 52.6 Å². The van der Waals surface area contributed by atoms with Gasteiger partial charge in [-0.05, 0) is 50.0 Å². The standard InChI is InChI=1S/C24H26N4O3S2/c1-3-4-11-27-21(26-9-5-6-10-26)18(16(2)19(14-25)22(27)29)13-20-23(30)28(24(32)33-20)15-17-8-7-12-31-17/h7-8,12-13H,3-6,9-11,15H2,1-2H3. The number of carbonyl (C=O) groups is 1. The number of carbonyl (C=O) groups excluding carboxylic acids is 1. The highest BCUT2D eigenvalue weighted by atomic mass is 32.2. The van der Waals surface area contributed by atoms with Crippen molar-refractivity contribution >= 4 is 46.1 Å². The van der Waals surface area contributed by atoms with Crippen molar-refractivity contribution < 1.29 is 9.21 Å². The molecule has 0 saturated carbocycles. The van der Waals surface area contributed by atoms with Crippen LogP contribution in [0.1, 0.15) is 55.1 Å². The van der Waals surface area contributed by atoms with Gasteiger partial charge in [-0.3, -0.25) is 19.1 Å². The van der Waals surface area contributed by atoms with Gasteiger partial charge in [0.15, 0.2) is 0 Å². The van der Waals surface area contributed by atoms with Gasteiger partial charge in [-0.2, -0.15) is 5.26 Å². The highest BCUT2D eigenvalue weighted by Crippen LogP contribution is 2.37. The summed E-state index contributed by atoms with van der Waals surface area (Å²) >= 11 is 6.72. The van der Waals surface area contributed by atoms with Gasteiger partial charge in [0.25, 0.3) is 11.5 Å². The van der Waals surface area contributed by atoms with Crippen LogP contribution < -0.4 is 10.5 Å². The third-order valence-corrected chi connectivity index (χ3v) is 7.41. The van der Waals surface area contributed by atoms with Gasteiger partial charge in [-0.15, -0.1) is 0 Å². The summed E-state index contributed by atoms with van der Waals surface area (Å²) in [5.74, 6) is 1.26. The fourth-order valence-electron chi connectivity index (χ4n) is 4.26. The molecule has 0 radical (unpaired) electrons. The zero-order valence-corrected chi connectivity index (χ0v) is 20.4. The Labute approximate surface area is 202 Å². The normalized spacial score (nSPS) is 17.4. The number of unbranched alkanes of at least 4 members (excludes halogenated alkanes) is 1. The molecular formula is C24H26N4O3S2. The number of pyridine rings is 1. The number of thioether (sulfide) groups is 1. The molecule has 2 aromatic heterocycles. The molecule has 4 rings (SSSR count). The molecule has 0 aromatic carbocycles. The number of hydrogen-bond acceptors (Lipinski definition) is 7. The first kappa shape index (κ1) is 23.3. The topological polar surface area (TPSA) is 82.5 Å². The van der Waals surface area contributed by atoms with E-state index in [4.69, 9.17) is 16.6 Å². The maximum atomic E-state index is 13.2. The number of rotatable bonds is 7. The quantitative estimate of drug-likeness (QED) is 0.427. The average molecular weight is 483 g/mol. The summed E-state index contributed by atoms with van der Waals surface area (Å²) in [6.45, 7) is 6.36. The van der Waals surface area contributed by atoms with E-state index in [-0.39, 0.29) is 23.6 Å². The lowest BCUT2D eigenvalue weighted by molar-refractivity contribution is -0.122. The minimum atomic E-state index is -0.257. The van der Waals surface area contributed by atoms with Gasteiger partial charge in [0, 0.05) is 25.2 Å². The molecule has 0 spiro atoms. The minimum absolute atomic E-state index is 0.131. The van der Waals surface area contributed by atoms with Crippen LogP contribution in [-0.4, -0.2) is 32.8 Å². The molecule has 9 heteroatoms. The lowest BCUT2D eigenvalue weighted by atomic mass is 10.0. The monoisotopic (exact) mass is 482 g/mol. The molecule has 172 valence electrons. The first-order valence-electron chi connectivity index (χ1n) is 11.2. The number of hydrogen-bond donors (Lipinski definition) is 0. The number of anilines is 1. The Kier molecular flexibility index (Phi) is 7.05. The number of nitrogens with zero attached hydrogens (tertiary/aromatic N) is 4. The van der Waals surface area contributed by atoms with Crippen molar-refractivity contribution in [1.82, 2.24) is 9.47 Å². The lowest BCUT2D eigenvalue weighted by Crippen LogP contribution is -2.33. The van der Waals surface area contributed by atoms with Gasteiger partial charge in [0.2, 0.25) is 0 Å². The highest BCUT2D eigenvalue weighted by molar-refractivity contribution is 8.26. The minimum Gasteiger partial charge on any atom is -0.467 e. The summed E-state index contributed by atoms with van der Waals surface area (Å²) in [7, 11) is 0. The Morgan fingerprint density at radius 1 is 1.30 bits per heavy atom. The van der Waals surface area contributed by atoms with Crippen LogP contribution >= 0.6 is 24.0 Å². The van der Waals surface area contributed by atoms with Crippen LogP contribution in [0.3, 0.4) is 0 Å². The number of thiocarbonyl (C=S) groups is 1. The third kappa shape index (κ3) is 4.50. The Bertz CT molecular complexity index is 1200. The molecule has 2 aromatic rings. The van der Waals surface area contributed by atoms with Crippen molar-refractivity contribution in [3.8, 4) is 6.07 Å². The van der Waals surface area contributed by atoms with Crippen molar-refractivity contribution in [2.24, 2.45) is 0 Å². The van der Waals surface area contributed by atoms with Gasteiger partial charge in [-0.1, -0.05) is 37.3 Å². The molecule has 0 unspecified atom stereocenters. The Morgan fingerprint density at radius 3 is 2.70 bits per heavy atom. The van der Waals surface area contributed by atoms with Gasteiger partial charge in [0.1, 0.15) is 27.5 Å². The van der Waals surface area contributed by atoms with Gasteiger partial charge < -0.3 is 9.32 Å². The van der Waals surface area contributed by atoms with Crippen LogP contribution in [0.15, 0.2) is 32.5 Å². The second kappa shape index (κ2) is 9.98. The molecule has 2 fully saturated rings. The largest absolute Gasteiger partial charge is 0.467 e. The smallest absolute Gasteiger partial charge is 0.270 e. The molecule has 2 aliphatic heterocycles. The fraction of sp³-hybridized carbons (Fsp3) is 0.417. The van der Waals surface area contributed by atoms with Gasteiger partial charge in [-0.25, -0.2) is 0 Å². The summed E-state index contributed by atoms with van der Waals surface area (Å²) in [4.78, 5) is 30.7. The van der Waals surface area contributed by atoms with E-state index < -0.39 is 0 Å². The second-order valence-electron chi connectivity index (χ2n) is 8.20. The molecule has 33 heavy (non-hydrogen) atoms. The van der Waals surface area contributed by atoms with Crippen LogP contribution in [0.5, 0.6) is 0 Å². The first-order valence-corrected chi connectivity index (χ1v) is 12.4. The van der Waals surface area contributed by atoms with E-state index >= 15 is 0 Å². The lowest BCUT2D eigenvalue weighted by Gasteiger charge is -2.27. The Hall–Kier alpha value is -2.83. The van der Waals surface area contributed by atoms with Crippen molar-refractivity contribution in [3.05, 3.63) is 56.1 Å². The SMILES string of the molecule is CCCCn1c(N2CCCC2)c(C=C2SC(=S)N(Cc3ccco3)C2=O)c(C)c(C#N)c1=O. The van der Waals surface area contributed by atoms with E-state index in [1.54, 1.807) is 29.9 Å². The maximum Gasteiger partial charge on any atom is 0.270 e. The molecule has 0 N–H and O–H groups in total. The molecule has 2 aliphatic rings. The highest BCUT2D eigenvalue weighted by Gasteiger charge is 2.34. The summed E-state index contributed by atoms with van der Waals surface area (Å²) < 4.78 is 7.58. The van der Waals surface area contributed by atoms with Crippen LogP contribution in [0.2, 0.25) is 0 Å². The second-order valence-corrected chi connectivity index (χ2v) is 9.88. The number of furan rings is 1. The summed E-state index contributed by atoms with van der Waals surface area (Å²) in [5.41, 5.74) is 1.23. The summed E-state index contributed by atoms with van der Waals surface area (Å²) in [6.07, 6.45) is 7.24. The predicted octanol–water partition coefficient (Wildman–Crippen LogP) is 4.42. The third-order valence-electron chi connectivity index (χ3n) is 6.03. The van der Waals surface area contributed by atoms with Crippen molar-refractivity contribution in [3.63, 3.8) is 0 Å². The Morgan fingerprint density at radius 2 is 2.06 bits per heavy atom. The van der Waals surface area contributed by atoms with Gasteiger partial charge >= 0.3 is 0 Å². The average Bonchev–Trinajstić information content (AvgIpc) is 3.55. The molecule has 0 bridgehead atoms. The van der Waals surface area contributed by atoms with E-state index in [0.717, 1.165) is 50.2 Å². The maximum absolute atomic E-state index is 13.2. The van der Waals surface area contributed by atoms with Crippen molar-refractivity contribution in [1.29, 1.82) is 5.26 Å². The molecular weight excluding hydrogens is 456 g/mol. The first-order chi connectivity index (χ1) is 16.0. The Balaban J connectivity index is 1.83. The molecule has 4 heterocycles. The van der Waals surface area contributed by atoms with Crippen LogP contribution in [-0.2, 0) is 17.9 Å². The number of amides is 1. The van der Waals surface area contributed by atoms with Crippen LogP contribution in [0.4, 0.5) is 5.82 Å². The summed E-state index contributed by atoms with van der Waals surface area (Å²) in [6, 6.07) is 5.68. The van der Waals surface area contributed by atoms with Crippen molar-refractivity contribution in [2.75, 3.05) is 18.0 Å². The van der Waals surface area contributed by atoms with Gasteiger partial charge in [0.05, 0.1) is 17.7 Å². The number of nitriles is 1. The van der Waals surface area contributed by atoms with Crippen LogP contribution in [0.25, 0.3) is 6.08 Å². The number of aromatic nitrogens is 1. The van der Waals surface area contributed by atoms with Crippen LogP contribution in [0, 0.1) is 18.3 Å². The molecule has 0 aliphatic carbocycles. The van der Waals surface area contributed by atoms with E-state index in [1.165, 1.54) is 16.7 Å². The molecule has 2 saturated heterocycles. The molecule has 1 amide bonds. The molecule has 7 nitrogen and oxygen atoms in total.